The molecule has 4 rings (SSSR count). The highest BCUT2D eigenvalue weighted by Gasteiger charge is 2.26. The van der Waals surface area contributed by atoms with Crippen molar-refractivity contribution in [3.63, 3.8) is 0 Å². The van der Waals surface area contributed by atoms with Crippen LogP contribution in [0.5, 0.6) is 17.2 Å². The fraction of sp³-hybridized carbons (Fsp3) is 0.267. The van der Waals surface area contributed by atoms with Gasteiger partial charge in [0.25, 0.3) is 5.91 Å². The van der Waals surface area contributed by atoms with Crippen molar-refractivity contribution >= 4 is 23.3 Å². The maximum atomic E-state index is 13.4. The van der Waals surface area contributed by atoms with Gasteiger partial charge in [0.05, 0.1) is 18.4 Å². The van der Waals surface area contributed by atoms with Crippen LogP contribution in [0.15, 0.2) is 85.1 Å². The van der Waals surface area contributed by atoms with Gasteiger partial charge in [-0.1, -0.05) is 32.0 Å². The molecule has 3 aromatic rings. The minimum absolute atomic E-state index is 0.206. The summed E-state index contributed by atoms with van der Waals surface area (Å²) in [7, 11) is 1.52. The lowest BCUT2D eigenvalue weighted by Crippen LogP contribution is -2.44. The fourth-order valence-corrected chi connectivity index (χ4v) is 4.24. The van der Waals surface area contributed by atoms with E-state index in [1.165, 1.54) is 7.11 Å². The summed E-state index contributed by atoms with van der Waals surface area (Å²) in [6.45, 7) is 7.83. The lowest BCUT2D eigenvalue weighted by molar-refractivity contribution is 0.0946. The number of methoxy groups -OCH3 is 1. The molecule has 0 spiro atoms. The Hall–Kier alpha value is -4.30. The summed E-state index contributed by atoms with van der Waals surface area (Å²) in [5.41, 5.74) is 1.78. The fourth-order valence-electron chi connectivity index (χ4n) is 4.24. The maximum Gasteiger partial charge on any atom is 0.333 e. The quantitative estimate of drug-likeness (QED) is 0.365. The third-order valence-electron chi connectivity index (χ3n) is 6.42. The minimum atomic E-state index is -0.208. The second-order valence-corrected chi connectivity index (χ2v) is 8.72. The maximum absolute atomic E-state index is 13.4. The van der Waals surface area contributed by atoms with Crippen molar-refractivity contribution in [1.82, 2.24) is 10.2 Å². The molecular formula is C30H34N4O4. The molecule has 1 heterocycles. The van der Waals surface area contributed by atoms with E-state index >= 15 is 0 Å². The second kappa shape index (κ2) is 12.8. The average Bonchev–Trinajstić information content (AvgIpc) is 2.96. The van der Waals surface area contributed by atoms with Crippen LogP contribution in [-0.4, -0.2) is 56.7 Å². The molecule has 0 aromatic heterocycles. The molecule has 3 amide bonds. The predicted octanol–water partition coefficient (Wildman–Crippen LogP) is 5.52. The summed E-state index contributed by atoms with van der Waals surface area (Å²) < 4.78 is 11.4. The number of para-hydroxylation sites is 1. The Labute approximate surface area is 224 Å². The first kappa shape index (κ1) is 26.8. The molecule has 0 saturated carbocycles. The van der Waals surface area contributed by atoms with E-state index < -0.39 is 0 Å². The van der Waals surface area contributed by atoms with Crippen LogP contribution in [0, 0.1) is 0 Å². The predicted molar refractivity (Wildman–Crippen MR) is 150 cm³/mol. The van der Waals surface area contributed by atoms with Gasteiger partial charge < -0.3 is 19.7 Å². The number of nitrogens with zero attached hydrogens (tertiary/aromatic N) is 3. The Balaban J connectivity index is 1.45. The van der Waals surface area contributed by atoms with Crippen molar-refractivity contribution in [1.29, 1.82) is 0 Å². The highest BCUT2D eigenvalue weighted by Crippen LogP contribution is 2.30. The Kier molecular flexibility index (Phi) is 9.00. The highest BCUT2D eigenvalue weighted by molar-refractivity contribution is 6.06. The van der Waals surface area contributed by atoms with Crippen molar-refractivity contribution < 1.29 is 19.1 Å². The second-order valence-electron chi connectivity index (χ2n) is 8.72. The molecule has 38 heavy (non-hydrogen) atoms. The number of urea groups is 1. The van der Waals surface area contributed by atoms with Gasteiger partial charge in [-0.05, 0) is 67.7 Å². The zero-order chi connectivity index (χ0) is 26.9. The van der Waals surface area contributed by atoms with Gasteiger partial charge in [0, 0.05) is 37.6 Å². The molecule has 8 heteroatoms. The van der Waals surface area contributed by atoms with Gasteiger partial charge >= 0.3 is 6.03 Å². The molecule has 0 bridgehead atoms. The molecule has 198 valence electrons. The number of likely N-dealkylation sites (N-methyl/N-ethyl adjacent to an activating group) is 1. The van der Waals surface area contributed by atoms with E-state index in [0.29, 0.717) is 35.8 Å². The number of benzene rings is 3. The number of nitrogens with one attached hydrogen (secondary N) is 1. The minimum Gasteiger partial charge on any atom is -0.496 e. The molecule has 1 N–H and O–H groups in total. The van der Waals surface area contributed by atoms with Gasteiger partial charge in [0.1, 0.15) is 17.2 Å². The number of ether oxygens (including phenoxy) is 2. The van der Waals surface area contributed by atoms with Crippen LogP contribution >= 0.6 is 0 Å². The topological polar surface area (TPSA) is 74.4 Å². The Morgan fingerprint density at radius 2 is 1.63 bits per heavy atom. The normalized spacial score (nSPS) is 13.1. The number of anilines is 2. The Morgan fingerprint density at radius 3 is 2.32 bits per heavy atom. The third-order valence-corrected chi connectivity index (χ3v) is 6.42. The van der Waals surface area contributed by atoms with Crippen LogP contribution in [0.3, 0.4) is 0 Å². The van der Waals surface area contributed by atoms with E-state index in [9.17, 15) is 9.59 Å². The molecule has 1 aliphatic heterocycles. The van der Waals surface area contributed by atoms with E-state index in [1.807, 2.05) is 60.7 Å². The molecular weight excluding hydrogens is 480 g/mol. The number of hydrogen-bond donors (Lipinski definition) is 1. The number of carbonyl (C=O) groups is 2. The van der Waals surface area contributed by atoms with Crippen LogP contribution < -0.4 is 24.6 Å². The van der Waals surface area contributed by atoms with Gasteiger partial charge in [0.2, 0.25) is 0 Å². The lowest BCUT2D eigenvalue weighted by Gasteiger charge is -2.31. The van der Waals surface area contributed by atoms with E-state index in [2.05, 4.69) is 24.1 Å². The summed E-state index contributed by atoms with van der Waals surface area (Å²) >= 11 is 0. The first-order chi connectivity index (χ1) is 18.5. The van der Waals surface area contributed by atoms with Crippen molar-refractivity contribution in [3.8, 4) is 17.2 Å². The summed E-state index contributed by atoms with van der Waals surface area (Å²) in [4.78, 5) is 31.7. The number of amides is 3. The van der Waals surface area contributed by atoms with E-state index in [4.69, 9.17) is 9.47 Å². The number of rotatable bonds is 11. The summed E-state index contributed by atoms with van der Waals surface area (Å²) in [5.74, 6) is 1.63. The molecule has 3 aromatic carbocycles. The summed E-state index contributed by atoms with van der Waals surface area (Å²) in [5, 5.41) is 2.96. The average molecular weight is 515 g/mol. The van der Waals surface area contributed by atoms with Crippen molar-refractivity contribution in [2.24, 2.45) is 0 Å². The van der Waals surface area contributed by atoms with Crippen LogP contribution in [0.25, 0.3) is 0 Å². The third kappa shape index (κ3) is 6.33. The van der Waals surface area contributed by atoms with Crippen molar-refractivity contribution in [2.45, 2.75) is 13.8 Å². The van der Waals surface area contributed by atoms with Gasteiger partial charge in [-0.25, -0.2) is 4.79 Å². The van der Waals surface area contributed by atoms with Crippen LogP contribution in [0.4, 0.5) is 16.2 Å². The Bertz CT molecular complexity index is 1260. The van der Waals surface area contributed by atoms with E-state index in [0.717, 1.165) is 31.1 Å². The molecule has 0 unspecified atom stereocenters. The number of carbonyl (C=O) groups excluding carboxylic acids is 2. The smallest absolute Gasteiger partial charge is 0.333 e. The van der Waals surface area contributed by atoms with Crippen molar-refractivity contribution in [2.75, 3.05) is 49.6 Å². The van der Waals surface area contributed by atoms with E-state index in [1.54, 1.807) is 34.2 Å². The molecule has 0 atom stereocenters. The first-order valence-electron chi connectivity index (χ1n) is 12.8. The molecule has 0 radical (unpaired) electrons. The van der Waals surface area contributed by atoms with Crippen molar-refractivity contribution in [3.05, 3.63) is 90.6 Å². The standard InChI is InChI=1S/C30H34N4O4/c1-4-32(5-2)21-18-31-29(35)27-17-14-24(22-28(27)37-3)34-20-9-19-33(30(34)36)23-12-15-26(16-13-23)38-25-10-7-6-8-11-25/h6-17,20,22H,4-5,18-19,21H2,1-3H3,(H,31,35). The summed E-state index contributed by atoms with van der Waals surface area (Å²) in [6, 6.07) is 21.9. The van der Waals surface area contributed by atoms with Crippen LogP contribution in [0.1, 0.15) is 24.2 Å². The highest BCUT2D eigenvalue weighted by atomic mass is 16.5. The van der Waals surface area contributed by atoms with Gasteiger partial charge in [-0.15, -0.1) is 0 Å². The molecule has 0 aliphatic carbocycles. The Morgan fingerprint density at radius 1 is 0.947 bits per heavy atom. The van der Waals surface area contributed by atoms with Crippen LogP contribution in [0.2, 0.25) is 0 Å². The van der Waals surface area contributed by atoms with E-state index in [-0.39, 0.29) is 11.9 Å². The lowest BCUT2D eigenvalue weighted by atomic mass is 10.1. The van der Waals surface area contributed by atoms with Gasteiger partial charge in [-0.2, -0.15) is 0 Å². The zero-order valence-electron chi connectivity index (χ0n) is 22.1. The van der Waals surface area contributed by atoms with Gasteiger partial charge in [-0.3, -0.25) is 14.6 Å². The summed E-state index contributed by atoms with van der Waals surface area (Å²) in [6.07, 6.45) is 3.65. The van der Waals surface area contributed by atoms with Gasteiger partial charge in [0.15, 0.2) is 0 Å². The largest absolute Gasteiger partial charge is 0.496 e. The first-order valence-corrected chi connectivity index (χ1v) is 12.8. The van der Waals surface area contributed by atoms with Crippen LogP contribution in [-0.2, 0) is 0 Å². The number of hydrogen-bond acceptors (Lipinski definition) is 5. The molecule has 0 fully saturated rings. The molecule has 1 aliphatic rings. The molecule has 0 saturated heterocycles. The molecule has 8 nitrogen and oxygen atoms in total. The SMILES string of the molecule is CCN(CC)CCNC(=O)c1ccc(N2C=CCN(c3ccc(Oc4ccccc4)cc3)C2=O)cc1OC. The zero-order valence-corrected chi connectivity index (χ0v) is 22.1. The monoisotopic (exact) mass is 514 g/mol.